The fraction of sp³-hybridized carbons (Fsp3) is 0.364. The number of carbonyl (C=O) groups excluding carboxylic acids is 2. The minimum atomic E-state index is -0.286. The van der Waals surface area contributed by atoms with Crippen molar-refractivity contribution >= 4 is 17.5 Å². The van der Waals surface area contributed by atoms with Gasteiger partial charge in [0.15, 0.2) is 0 Å². The van der Waals surface area contributed by atoms with Crippen LogP contribution in [0.25, 0.3) is 0 Å². The summed E-state index contributed by atoms with van der Waals surface area (Å²) in [5.41, 5.74) is 3.13. The van der Waals surface area contributed by atoms with Gasteiger partial charge in [0.25, 0.3) is 0 Å². The lowest BCUT2D eigenvalue weighted by molar-refractivity contribution is -0.128. The summed E-state index contributed by atoms with van der Waals surface area (Å²) in [7, 11) is 4.03. The zero-order valence-electron chi connectivity index (χ0n) is 16.0. The Morgan fingerprint density at radius 1 is 1.11 bits per heavy atom. The molecular weight excluding hydrogens is 338 g/mol. The molecule has 2 aromatic carbocycles. The molecule has 0 aromatic heterocycles. The van der Waals surface area contributed by atoms with Crippen LogP contribution in [-0.4, -0.2) is 48.8 Å². The first-order chi connectivity index (χ1) is 13.0. The number of hydrogen-bond acceptors (Lipinski definition) is 3. The Morgan fingerprint density at radius 2 is 1.85 bits per heavy atom. The molecule has 1 unspecified atom stereocenters. The number of benzene rings is 2. The van der Waals surface area contributed by atoms with E-state index < -0.39 is 0 Å². The van der Waals surface area contributed by atoms with E-state index in [2.05, 4.69) is 22.3 Å². The number of hydrogen-bond donors (Lipinski definition) is 1. The van der Waals surface area contributed by atoms with Crippen molar-refractivity contribution < 1.29 is 9.59 Å². The van der Waals surface area contributed by atoms with Gasteiger partial charge < -0.3 is 15.1 Å². The number of anilines is 1. The maximum atomic E-state index is 12.6. The van der Waals surface area contributed by atoms with Gasteiger partial charge in [-0.05, 0) is 43.8 Å². The average Bonchev–Trinajstić information content (AvgIpc) is 3.01. The van der Waals surface area contributed by atoms with Crippen LogP contribution in [0.5, 0.6) is 0 Å². The van der Waals surface area contributed by atoms with Crippen molar-refractivity contribution in [2.24, 2.45) is 5.92 Å². The number of nitrogens with zero attached hydrogens (tertiary/aromatic N) is 2. The molecule has 0 bridgehead atoms. The molecule has 2 amide bonds. The molecule has 27 heavy (non-hydrogen) atoms. The minimum absolute atomic E-state index is 0.0624. The predicted octanol–water partition coefficient (Wildman–Crippen LogP) is 2.78. The SMILES string of the molecule is CN(C)Cc1cccc(NC(=O)C2CC(=O)N(CCc3ccccc3)C2)c1. The fourth-order valence-corrected chi connectivity index (χ4v) is 3.43. The first-order valence-corrected chi connectivity index (χ1v) is 9.37. The van der Waals surface area contributed by atoms with Gasteiger partial charge in [0, 0.05) is 31.7 Å². The third kappa shape index (κ3) is 5.41. The van der Waals surface area contributed by atoms with Gasteiger partial charge in [-0.15, -0.1) is 0 Å². The van der Waals surface area contributed by atoms with E-state index >= 15 is 0 Å². The summed E-state index contributed by atoms with van der Waals surface area (Å²) in [5, 5.41) is 2.98. The van der Waals surface area contributed by atoms with Crippen LogP contribution in [-0.2, 0) is 22.6 Å². The Balaban J connectivity index is 1.54. The van der Waals surface area contributed by atoms with Crippen LogP contribution in [0.4, 0.5) is 5.69 Å². The zero-order valence-corrected chi connectivity index (χ0v) is 16.0. The highest BCUT2D eigenvalue weighted by atomic mass is 16.2. The standard InChI is InChI=1S/C22H27N3O2/c1-24(2)15-18-9-6-10-20(13-18)23-22(27)19-14-21(26)25(16-19)12-11-17-7-4-3-5-8-17/h3-10,13,19H,11-12,14-16H2,1-2H3,(H,23,27). The molecule has 5 nitrogen and oxygen atoms in total. The summed E-state index contributed by atoms with van der Waals surface area (Å²) in [6, 6.07) is 18.0. The molecule has 3 rings (SSSR count). The van der Waals surface area contributed by atoms with Crippen molar-refractivity contribution in [3.63, 3.8) is 0 Å². The smallest absolute Gasteiger partial charge is 0.229 e. The lowest BCUT2D eigenvalue weighted by atomic mass is 10.1. The Hall–Kier alpha value is -2.66. The quantitative estimate of drug-likeness (QED) is 0.821. The van der Waals surface area contributed by atoms with Crippen LogP contribution in [0.3, 0.4) is 0 Å². The van der Waals surface area contributed by atoms with Crippen LogP contribution in [0.1, 0.15) is 17.5 Å². The van der Waals surface area contributed by atoms with E-state index in [1.165, 1.54) is 5.56 Å². The van der Waals surface area contributed by atoms with Gasteiger partial charge >= 0.3 is 0 Å². The molecule has 0 spiro atoms. The molecule has 142 valence electrons. The number of amides is 2. The van der Waals surface area contributed by atoms with Gasteiger partial charge in [0.2, 0.25) is 11.8 Å². The predicted molar refractivity (Wildman–Crippen MR) is 107 cm³/mol. The maximum Gasteiger partial charge on any atom is 0.229 e. The van der Waals surface area contributed by atoms with Gasteiger partial charge in [-0.1, -0.05) is 42.5 Å². The lowest BCUT2D eigenvalue weighted by Crippen LogP contribution is -2.30. The highest BCUT2D eigenvalue weighted by molar-refractivity contribution is 5.97. The van der Waals surface area contributed by atoms with Crippen molar-refractivity contribution in [1.82, 2.24) is 9.80 Å². The molecular formula is C22H27N3O2. The van der Waals surface area contributed by atoms with Gasteiger partial charge in [0.1, 0.15) is 0 Å². The molecule has 5 heteroatoms. The summed E-state index contributed by atoms with van der Waals surface area (Å²) in [6.45, 7) is 1.97. The molecule has 0 saturated carbocycles. The van der Waals surface area contributed by atoms with E-state index in [0.29, 0.717) is 13.1 Å². The van der Waals surface area contributed by atoms with Gasteiger partial charge in [-0.3, -0.25) is 9.59 Å². The van der Waals surface area contributed by atoms with Crippen LogP contribution in [0.15, 0.2) is 54.6 Å². The Bertz CT molecular complexity index is 789. The van der Waals surface area contributed by atoms with E-state index in [0.717, 1.165) is 24.2 Å². The summed E-state index contributed by atoms with van der Waals surface area (Å²) in [4.78, 5) is 28.8. The van der Waals surface area contributed by atoms with E-state index in [4.69, 9.17) is 0 Å². The van der Waals surface area contributed by atoms with Crippen LogP contribution < -0.4 is 5.32 Å². The second-order valence-corrected chi connectivity index (χ2v) is 7.40. The summed E-state index contributed by atoms with van der Waals surface area (Å²) in [6.07, 6.45) is 1.10. The molecule has 1 aliphatic heterocycles. The lowest BCUT2D eigenvalue weighted by Gasteiger charge is -2.17. The Kier molecular flexibility index (Phi) is 6.24. The number of likely N-dealkylation sites (tertiary alicyclic amines) is 1. The van der Waals surface area contributed by atoms with E-state index in [9.17, 15) is 9.59 Å². The maximum absolute atomic E-state index is 12.6. The van der Waals surface area contributed by atoms with Crippen molar-refractivity contribution in [3.05, 3.63) is 65.7 Å². The van der Waals surface area contributed by atoms with Gasteiger partial charge in [-0.25, -0.2) is 0 Å². The molecule has 1 atom stereocenters. The molecule has 0 aliphatic carbocycles. The van der Waals surface area contributed by atoms with Crippen molar-refractivity contribution in [1.29, 1.82) is 0 Å². The van der Waals surface area contributed by atoms with Gasteiger partial charge in [-0.2, -0.15) is 0 Å². The highest BCUT2D eigenvalue weighted by Gasteiger charge is 2.34. The summed E-state index contributed by atoms with van der Waals surface area (Å²) < 4.78 is 0. The largest absolute Gasteiger partial charge is 0.342 e. The highest BCUT2D eigenvalue weighted by Crippen LogP contribution is 2.21. The minimum Gasteiger partial charge on any atom is -0.342 e. The molecule has 1 heterocycles. The fourth-order valence-electron chi connectivity index (χ4n) is 3.43. The second kappa shape index (κ2) is 8.82. The van der Waals surface area contributed by atoms with E-state index in [-0.39, 0.29) is 24.2 Å². The summed E-state index contributed by atoms with van der Waals surface area (Å²) >= 11 is 0. The van der Waals surface area contributed by atoms with Gasteiger partial charge in [0.05, 0.1) is 5.92 Å². The van der Waals surface area contributed by atoms with Crippen molar-refractivity contribution in [3.8, 4) is 0 Å². The third-order valence-electron chi connectivity index (χ3n) is 4.79. The molecule has 1 fully saturated rings. The van der Waals surface area contributed by atoms with Crippen LogP contribution >= 0.6 is 0 Å². The Labute approximate surface area is 161 Å². The second-order valence-electron chi connectivity index (χ2n) is 7.40. The van der Waals surface area contributed by atoms with E-state index in [1.54, 1.807) is 4.90 Å². The number of rotatable bonds is 7. The van der Waals surface area contributed by atoms with Crippen LogP contribution in [0, 0.1) is 5.92 Å². The topological polar surface area (TPSA) is 52.7 Å². The normalized spacial score (nSPS) is 16.8. The molecule has 1 saturated heterocycles. The molecule has 1 N–H and O–H groups in total. The molecule has 1 aliphatic rings. The average molecular weight is 365 g/mol. The van der Waals surface area contributed by atoms with Crippen molar-refractivity contribution in [2.45, 2.75) is 19.4 Å². The zero-order chi connectivity index (χ0) is 19.2. The molecule has 2 aromatic rings. The number of nitrogens with one attached hydrogen (secondary N) is 1. The van der Waals surface area contributed by atoms with Crippen molar-refractivity contribution in [2.75, 3.05) is 32.5 Å². The first kappa shape index (κ1) is 19.1. The molecule has 0 radical (unpaired) electrons. The number of carbonyl (C=O) groups is 2. The third-order valence-corrected chi connectivity index (χ3v) is 4.79. The Morgan fingerprint density at radius 3 is 2.59 bits per heavy atom. The van der Waals surface area contributed by atoms with E-state index in [1.807, 2.05) is 56.6 Å². The summed E-state index contributed by atoms with van der Waals surface area (Å²) in [5.74, 6) is -0.300. The first-order valence-electron chi connectivity index (χ1n) is 9.37. The monoisotopic (exact) mass is 365 g/mol. The van der Waals surface area contributed by atoms with Crippen LogP contribution in [0.2, 0.25) is 0 Å².